The van der Waals surface area contributed by atoms with E-state index >= 15 is 0 Å². The van der Waals surface area contributed by atoms with Crippen LogP contribution in [0.1, 0.15) is 25.5 Å². The summed E-state index contributed by atoms with van der Waals surface area (Å²) < 4.78 is 0. The Labute approximate surface area is 106 Å². The second kappa shape index (κ2) is 6.58. The van der Waals surface area contributed by atoms with Crippen molar-refractivity contribution < 1.29 is 14.7 Å². The third kappa shape index (κ3) is 4.04. The molecular weight excluding hydrogens is 234 g/mol. The summed E-state index contributed by atoms with van der Waals surface area (Å²) in [5.41, 5.74) is 0.921. The Bertz CT molecular complexity index is 408. The molecule has 0 fully saturated rings. The number of aromatic nitrogens is 1. The van der Waals surface area contributed by atoms with Gasteiger partial charge < -0.3 is 15.3 Å². The van der Waals surface area contributed by atoms with E-state index in [1.807, 2.05) is 6.92 Å². The monoisotopic (exact) mass is 251 g/mol. The molecule has 1 rings (SSSR count). The topological polar surface area (TPSA) is 82.5 Å². The van der Waals surface area contributed by atoms with E-state index in [4.69, 9.17) is 5.11 Å². The van der Waals surface area contributed by atoms with Gasteiger partial charge >= 0.3 is 12.0 Å². The summed E-state index contributed by atoms with van der Waals surface area (Å²) >= 11 is 0. The van der Waals surface area contributed by atoms with Gasteiger partial charge in [0.15, 0.2) is 0 Å². The molecule has 0 aliphatic rings. The first-order valence-corrected chi connectivity index (χ1v) is 5.71. The van der Waals surface area contributed by atoms with Crippen molar-refractivity contribution in [2.45, 2.75) is 19.9 Å². The lowest BCUT2D eigenvalue weighted by Gasteiger charge is -2.22. The minimum absolute atomic E-state index is 0.191. The molecule has 6 heteroatoms. The Kier molecular flexibility index (Phi) is 5.10. The highest BCUT2D eigenvalue weighted by atomic mass is 16.4. The van der Waals surface area contributed by atoms with Crippen LogP contribution in [-0.2, 0) is 4.79 Å². The van der Waals surface area contributed by atoms with Gasteiger partial charge in [-0.2, -0.15) is 0 Å². The number of amides is 2. The first-order chi connectivity index (χ1) is 8.54. The number of nitrogens with one attached hydrogen (secondary N) is 1. The van der Waals surface area contributed by atoms with Gasteiger partial charge in [0.1, 0.15) is 6.54 Å². The van der Waals surface area contributed by atoms with Crippen LogP contribution in [0.4, 0.5) is 4.79 Å². The first kappa shape index (κ1) is 14.0. The molecule has 98 valence electrons. The van der Waals surface area contributed by atoms with Gasteiger partial charge in [0, 0.05) is 18.9 Å². The van der Waals surface area contributed by atoms with Crippen LogP contribution >= 0.6 is 0 Å². The van der Waals surface area contributed by atoms with Crippen molar-refractivity contribution in [1.82, 2.24) is 15.2 Å². The largest absolute Gasteiger partial charge is 0.480 e. The summed E-state index contributed by atoms with van der Waals surface area (Å²) in [6.45, 7) is 3.62. The maximum Gasteiger partial charge on any atom is 0.323 e. The molecule has 1 atom stereocenters. The molecule has 0 aromatic carbocycles. The Morgan fingerprint density at radius 3 is 2.56 bits per heavy atom. The fourth-order valence-corrected chi connectivity index (χ4v) is 1.50. The molecule has 1 heterocycles. The van der Waals surface area contributed by atoms with Crippen molar-refractivity contribution in [3.05, 3.63) is 30.1 Å². The number of rotatable bonds is 5. The van der Waals surface area contributed by atoms with Gasteiger partial charge in [-0.1, -0.05) is 0 Å². The van der Waals surface area contributed by atoms with Crippen LogP contribution in [0.2, 0.25) is 0 Å². The Morgan fingerprint density at radius 1 is 1.44 bits per heavy atom. The summed E-state index contributed by atoms with van der Waals surface area (Å²) in [6.07, 6.45) is 3.29. The van der Waals surface area contributed by atoms with Crippen LogP contribution in [0.5, 0.6) is 0 Å². The number of pyridine rings is 1. The van der Waals surface area contributed by atoms with E-state index in [0.29, 0.717) is 6.54 Å². The number of likely N-dealkylation sites (N-methyl/N-ethyl adjacent to an activating group) is 1. The third-order valence-corrected chi connectivity index (χ3v) is 2.54. The second-order valence-corrected chi connectivity index (χ2v) is 3.86. The lowest BCUT2D eigenvalue weighted by atomic mass is 10.1. The minimum Gasteiger partial charge on any atom is -0.480 e. The molecule has 18 heavy (non-hydrogen) atoms. The smallest absolute Gasteiger partial charge is 0.323 e. The maximum absolute atomic E-state index is 11.8. The van der Waals surface area contributed by atoms with Crippen LogP contribution in [0.15, 0.2) is 24.5 Å². The van der Waals surface area contributed by atoms with Crippen molar-refractivity contribution in [2.75, 3.05) is 13.1 Å². The van der Waals surface area contributed by atoms with Gasteiger partial charge in [0.05, 0.1) is 6.04 Å². The molecule has 1 unspecified atom stereocenters. The second-order valence-electron chi connectivity index (χ2n) is 3.86. The molecule has 1 aromatic heterocycles. The van der Waals surface area contributed by atoms with Gasteiger partial charge in [-0.15, -0.1) is 0 Å². The molecule has 0 aliphatic heterocycles. The number of hydrogen-bond donors (Lipinski definition) is 2. The average molecular weight is 251 g/mol. The molecule has 0 saturated heterocycles. The van der Waals surface area contributed by atoms with Crippen molar-refractivity contribution >= 4 is 12.0 Å². The number of aliphatic carboxylic acids is 1. The van der Waals surface area contributed by atoms with Gasteiger partial charge in [-0.3, -0.25) is 9.78 Å². The highest BCUT2D eigenvalue weighted by molar-refractivity contribution is 5.80. The predicted molar refractivity (Wildman–Crippen MR) is 66.1 cm³/mol. The zero-order valence-electron chi connectivity index (χ0n) is 10.5. The number of carboxylic acid groups (broad SMARTS) is 1. The zero-order chi connectivity index (χ0) is 13.5. The van der Waals surface area contributed by atoms with Crippen LogP contribution in [0, 0.1) is 0 Å². The fraction of sp³-hybridized carbons (Fsp3) is 0.417. The number of carboxylic acids is 1. The lowest BCUT2D eigenvalue weighted by Crippen LogP contribution is -2.43. The number of nitrogens with zero attached hydrogens (tertiary/aromatic N) is 2. The summed E-state index contributed by atoms with van der Waals surface area (Å²) in [7, 11) is 0. The van der Waals surface area contributed by atoms with E-state index in [-0.39, 0.29) is 18.6 Å². The van der Waals surface area contributed by atoms with E-state index in [1.165, 1.54) is 4.90 Å². The van der Waals surface area contributed by atoms with Gasteiger partial charge in [-0.25, -0.2) is 4.79 Å². The van der Waals surface area contributed by atoms with Crippen molar-refractivity contribution in [2.24, 2.45) is 0 Å². The molecule has 1 aromatic rings. The number of carbonyl (C=O) groups is 2. The van der Waals surface area contributed by atoms with E-state index in [2.05, 4.69) is 10.3 Å². The van der Waals surface area contributed by atoms with Gasteiger partial charge in [-0.05, 0) is 31.5 Å². The maximum atomic E-state index is 11.8. The van der Waals surface area contributed by atoms with Crippen LogP contribution in [-0.4, -0.2) is 40.1 Å². The average Bonchev–Trinajstić information content (AvgIpc) is 2.36. The normalized spacial score (nSPS) is 11.7. The SMILES string of the molecule is CCN(CC(=O)O)C(=O)NC(C)c1ccncc1. The predicted octanol–water partition coefficient (Wildman–Crippen LogP) is 1.26. The molecule has 0 bridgehead atoms. The Balaban J connectivity index is 2.60. The Morgan fingerprint density at radius 2 is 2.06 bits per heavy atom. The highest BCUT2D eigenvalue weighted by Crippen LogP contribution is 2.10. The summed E-state index contributed by atoms with van der Waals surface area (Å²) in [5, 5.41) is 11.4. The molecule has 0 saturated carbocycles. The molecule has 0 aliphatic carbocycles. The van der Waals surface area contributed by atoms with Crippen molar-refractivity contribution in [1.29, 1.82) is 0 Å². The van der Waals surface area contributed by atoms with Crippen molar-refractivity contribution in [3.63, 3.8) is 0 Å². The summed E-state index contributed by atoms with van der Waals surface area (Å²) in [5.74, 6) is -1.02. The van der Waals surface area contributed by atoms with Gasteiger partial charge in [0.2, 0.25) is 0 Å². The number of urea groups is 1. The fourth-order valence-electron chi connectivity index (χ4n) is 1.50. The van der Waals surface area contributed by atoms with E-state index < -0.39 is 5.97 Å². The van der Waals surface area contributed by atoms with Crippen LogP contribution in [0.25, 0.3) is 0 Å². The lowest BCUT2D eigenvalue weighted by molar-refractivity contribution is -0.137. The molecule has 0 radical (unpaired) electrons. The number of hydrogen-bond acceptors (Lipinski definition) is 3. The molecule has 2 amide bonds. The van der Waals surface area contributed by atoms with Gasteiger partial charge in [0.25, 0.3) is 0 Å². The first-order valence-electron chi connectivity index (χ1n) is 5.71. The van der Waals surface area contributed by atoms with E-state index in [0.717, 1.165) is 5.56 Å². The molecule has 2 N–H and O–H groups in total. The van der Waals surface area contributed by atoms with E-state index in [1.54, 1.807) is 31.5 Å². The Hall–Kier alpha value is -2.11. The quantitative estimate of drug-likeness (QED) is 0.825. The third-order valence-electron chi connectivity index (χ3n) is 2.54. The van der Waals surface area contributed by atoms with Crippen LogP contribution < -0.4 is 5.32 Å². The number of carbonyl (C=O) groups excluding carboxylic acids is 1. The standard InChI is InChI=1S/C12H17N3O3/c1-3-15(8-11(16)17)12(18)14-9(2)10-4-6-13-7-5-10/h4-7,9H,3,8H2,1-2H3,(H,14,18)(H,16,17). The summed E-state index contributed by atoms with van der Waals surface area (Å²) in [4.78, 5) is 27.6. The van der Waals surface area contributed by atoms with Crippen LogP contribution in [0.3, 0.4) is 0 Å². The van der Waals surface area contributed by atoms with E-state index in [9.17, 15) is 9.59 Å². The van der Waals surface area contributed by atoms with Crippen molar-refractivity contribution in [3.8, 4) is 0 Å². The molecule has 6 nitrogen and oxygen atoms in total. The molecule has 0 spiro atoms. The molecular formula is C12H17N3O3. The zero-order valence-corrected chi connectivity index (χ0v) is 10.5. The summed E-state index contributed by atoms with van der Waals surface area (Å²) in [6, 6.07) is 3.03. The highest BCUT2D eigenvalue weighted by Gasteiger charge is 2.17. The minimum atomic E-state index is -1.02.